The number of H-pyrrole nitrogens is 1. The molecule has 29 heavy (non-hydrogen) atoms. The Labute approximate surface area is 170 Å². The highest BCUT2D eigenvalue weighted by molar-refractivity contribution is 7.89. The fraction of sp³-hybridized carbons (Fsp3) is 0.286. The number of hydrogen-bond acceptors (Lipinski definition) is 5. The highest BCUT2D eigenvalue weighted by Crippen LogP contribution is 2.30. The zero-order valence-electron chi connectivity index (χ0n) is 16.9. The molecule has 2 N–H and O–H groups in total. The number of Topliss-reactive ketones (excluding diaryl/α,β-unsaturated/α-hetero) is 1. The minimum atomic E-state index is -3.70. The van der Waals surface area contributed by atoms with Crippen LogP contribution in [-0.4, -0.2) is 50.2 Å². The van der Waals surface area contributed by atoms with Crippen molar-refractivity contribution in [2.24, 2.45) is 0 Å². The van der Waals surface area contributed by atoms with Crippen molar-refractivity contribution in [3.63, 3.8) is 0 Å². The summed E-state index contributed by atoms with van der Waals surface area (Å²) in [5.74, 6) is 0.190. The Kier molecular flexibility index (Phi) is 5.95. The van der Waals surface area contributed by atoms with E-state index in [1.54, 1.807) is 32.2 Å². The number of carbonyl (C=O) groups excluding carboxylic acids is 1. The van der Waals surface area contributed by atoms with Gasteiger partial charge in [-0.3, -0.25) is 4.79 Å². The molecule has 1 unspecified atom stereocenters. The van der Waals surface area contributed by atoms with Crippen molar-refractivity contribution in [2.45, 2.75) is 24.8 Å². The maximum atomic E-state index is 12.9. The number of anilines is 1. The van der Waals surface area contributed by atoms with Gasteiger partial charge >= 0.3 is 0 Å². The molecular weight excluding hydrogens is 390 g/mol. The summed E-state index contributed by atoms with van der Waals surface area (Å²) in [5.41, 5.74) is 2.01. The molecule has 0 amide bonds. The number of ether oxygens (including phenoxy) is 1. The Morgan fingerprint density at radius 3 is 2.62 bits per heavy atom. The van der Waals surface area contributed by atoms with Gasteiger partial charge in [-0.05, 0) is 38.1 Å². The molecule has 1 heterocycles. The number of carbonyl (C=O) groups is 1. The molecule has 3 aromatic rings. The zero-order valence-corrected chi connectivity index (χ0v) is 17.7. The van der Waals surface area contributed by atoms with Gasteiger partial charge in [-0.15, -0.1) is 0 Å². The predicted octanol–water partition coefficient (Wildman–Crippen LogP) is 3.50. The largest absolute Gasteiger partial charge is 0.492 e. The summed E-state index contributed by atoms with van der Waals surface area (Å²) in [6.07, 6.45) is 1.70. The topological polar surface area (TPSA) is 91.5 Å². The van der Waals surface area contributed by atoms with Gasteiger partial charge in [0.15, 0.2) is 5.78 Å². The number of sulfonamides is 1. The minimum Gasteiger partial charge on any atom is -0.492 e. The van der Waals surface area contributed by atoms with E-state index in [1.807, 2.05) is 24.3 Å². The van der Waals surface area contributed by atoms with Gasteiger partial charge in [0.25, 0.3) is 0 Å². The maximum Gasteiger partial charge on any atom is 0.246 e. The smallest absolute Gasteiger partial charge is 0.246 e. The molecule has 7 nitrogen and oxygen atoms in total. The minimum absolute atomic E-state index is 0.0566. The number of nitrogens with one attached hydrogen (secondary N) is 2. The first-order valence-corrected chi connectivity index (χ1v) is 10.8. The van der Waals surface area contributed by atoms with Crippen LogP contribution in [0, 0.1) is 0 Å². The second-order valence-electron chi connectivity index (χ2n) is 6.86. The number of aromatic nitrogens is 1. The van der Waals surface area contributed by atoms with E-state index >= 15 is 0 Å². The highest BCUT2D eigenvalue weighted by atomic mass is 32.2. The van der Waals surface area contributed by atoms with E-state index in [1.165, 1.54) is 20.2 Å². The van der Waals surface area contributed by atoms with Crippen molar-refractivity contribution in [3.05, 3.63) is 54.2 Å². The number of ketones is 1. The molecule has 2 aromatic carbocycles. The van der Waals surface area contributed by atoms with Gasteiger partial charge in [0.2, 0.25) is 10.0 Å². The third-order valence-electron chi connectivity index (χ3n) is 4.63. The third kappa shape index (κ3) is 4.13. The van der Waals surface area contributed by atoms with Crippen LogP contribution in [0.15, 0.2) is 53.6 Å². The summed E-state index contributed by atoms with van der Waals surface area (Å²) in [6, 6.07) is 11.8. The van der Waals surface area contributed by atoms with Crippen LogP contribution in [0.3, 0.4) is 0 Å². The van der Waals surface area contributed by atoms with Crippen LogP contribution in [0.5, 0.6) is 5.75 Å². The van der Waals surface area contributed by atoms with E-state index in [0.29, 0.717) is 17.9 Å². The molecule has 0 radical (unpaired) electrons. The third-order valence-corrected chi connectivity index (χ3v) is 6.47. The van der Waals surface area contributed by atoms with Crippen LogP contribution in [-0.2, 0) is 10.0 Å². The van der Waals surface area contributed by atoms with Gasteiger partial charge in [-0.25, -0.2) is 12.7 Å². The van der Waals surface area contributed by atoms with E-state index < -0.39 is 16.1 Å². The van der Waals surface area contributed by atoms with Crippen molar-refractivity contribution in [2.75, 3.05) is 26.0 Å². The lowest BCUT2D eigenvalue weighted by molar-refractivity contribution is 0.0977. The number of para-hydroxylation sites is 1. The quantitative estimate of drug-likeness (QED) is 0.550. The monoisotopic (exact) mass is 415 g/mol. The van der Waals surface area contributed by atoms with Gasteiger partial charge in [0.05, 0.1) is 12.6 Å². The highest BCUT2D eigenvalue weighted by Gasteiger charge is 2.24. The van der Waals surface area contributed by atoms with Crippen LogP contribution in [0.2, 0.25) is 0 Å². The van der Waals surface area contributed by atoms with Crippen molar-refractivity contribution in [1.29, 1.82) is 0 Å². The van der Waals surface area contributed by atoms with Gasteiger partial charge < -0.3 is 15.0 Å². The molecule has 1 aromatic heterocycles. The van der Waals surface area contributed by atoms with E-state index in [4.69, 9.17) is 4.74 Å². The average molecular weight is 416 g/mol. The van der Waals surface area contributed by atoms with Gasteiger partial charge in [-0.2, -0.15) is 0 Å². The lowest BCUT2D eigenvalue weighted by Gasteiger charge is -2.19. The summed E-state index contributed by atoms with van der Waals surface area (Å²) in [5, 5.41) is 3.97. The fourth-order valence-electron chi connectivity index (χ4n) is 3.10. The molecule has 0 aliphatic carbocycles. The van der Waals surface area contributed by atoms with Gasteiger partial charge in [0.1, 0.15) is 10.6 Å². The van der Waals surface area contributed by atoms with Crippen molar-refractivity contribution in [3.8, 4) is 5.75 Å². The van der Waals surface area contributed by atoms with E-state index in [2.05, 4.69) is 10.3 Å². The second-order valence-corrected chi connectivity index (χ2v) is 8.98. The van der Waals surface area contributed by atoms with Crippen LogP contribution in [0.25, 0.3) is 10.9 Å². The molecule has 0 aliphatic rings. The summed E-state index contributed by atoms with van der Waals surface area (Å²) >= 11 is 0. The van der Waals surface area contributed by atoms with Crippen LogP contribution in [0.1, 0.15) is 24.2 Å². The molecular formula is C21H25N3O4S. The number of hydrogen-bond donors (Lipinski definition) is 2. The first-order valence-electron chi connectivity index (χ1n) is 9.32. The molecule has 1 atom stereocenters. The van der Waals surface area contributed by atoms with E-state index in [9.17, 15) is 13.2 Å². The van der Waals surface area contributed by atoms with E-state index in [0.717, 1.165) is 15.2 Å². The standard InChI is InChI=1S/C21H25N3O4S/c1-5-28-19-11-10-15(12-20(19)29(26,27)24(3)4)23-14(2)21(25)17-13-22-18-9-7-6-8-16(17)18/h6-14,22-23H,5H2,1-4H3. The number of benzene rings is 2. The summed E-state index contributed by atoms with van der Waals surface area (Å²) in [4.78, 5) is 16.1. The summed E-state index contributed by atoms with van der Waals surface area (Å²) in [7, 11) is -0.769. The lowest BCUT2D eigenvalue weighted by atomic mass is 10.0. The van der Waals surface area contributed by atoms with Crippen LogP contribution < -0.4 is 10.1 Å². The van der Waals surface area contributed by atoms with Gasteiger partial charge in [-0.1, -0.05) is 18.2 Å². The number of aromatic amines is 1. The molecule has 3 rings (SSSR count). The predicted molar refractivity (Wildman–Crippen MR) is 114 cm³/mol. The van der Waals surface area contributed by atoms with E-state index in [-0.39, 0.29) is 16.4 Å². The Morgan fingerprint density at radius 2 is 1.93 bits per heavy atom. The first-order chi connectivity index (χ1) is 13.8. The van der Waals surface area contributed by atoms with Crippen LogP contribution in [0.4, 0.5) is 5.69 Å². The summed E-state index contributed by atoms with van der Waals surface area (Å²) in [6.45, 7) is 3.89. The Morgan fingerprint density at radius 1 is 1.21 bits per heavy atom. The molecule has 0 fully saturated rings. The number of rotatable bonds is 8. The fourth-order valence-corrected chi connectivity index (χ4v) is 4.15. The Hall–Kier alpha value is -2.84. The van der Waals surface area contributed by atoms with Crippen molar-refractivity contribution in [1.82, 2.24) is 9.29 Å². The molecule has 154 valence electrons. The molecule has 8 heteroatoms. The zero-order chi connectivity index (χ0) is 21.2. The SMILES string of the molecule is CCOc1ccc(NC(C)C(=O)c2c[nH]c3ccccc23)cc1S(=O)(=O)N(C)C. The molecule has 0 spiro atoms. The first kappa shape index (κ1) is 20.9. The van der Waals surface area contributed by atoms with Crippen molar-refractivity contribution < 1.29 is 17.9 Å². The molecule has 0 saturated heterocycles. The normalized spacial score (nSPS) is 12.9. The second kappa shape index (κ2) is 8.26. The number of nitrogens with zero attached hydrogens (tertiary/aromatic N) is 1. The lowest BCUT2D eigenvalue weighted by Crippen LogP contribution is -2.27. The molecule has 0 aliphatic heterocycles. The van der Waals surface area contributed by atoms with Crippen molar-refractivity contribution >= 4 is 32.4 Å². The molecule has 0 saturated carbocycles. The Balaban J connectivity index is 1.90. The summed E-state index contributed by atoms with van der Waals surface area (Å²) < 4.78 is 32.0. The average Bonchev–Trinajstić information content (AvgIpc) is 3.12. The number of fused-ring (bicyclic) bond motifs is 1. The van der Waals surface area contributed by atoms with Gasteiger partial charge in [0, 0.05) is 42.4 Å². The maximum absolute atomic E-state index is 12.9. The van der Waals surface area contributed by atoms with Crippen LogP contribution >= 0.6 is 0 Å². The Bertz CT molecular complexity index is 1140. The molecule has 0 bridgehead atoms.